The SMILES string of the molecule is O=C(O)c1ccccc1OCCNC(CO)CO. The highest BCUT2D eigenvalue weighted by molar-refractivity contribution is 5.90. The number of benzene rings is 1. The molecule has 6 heteroatoms. The lowest BCUT2D eigenvalue weighted by Gasteiger charge is -2.14. The zero-order valence-electron chi connectivity index (χ0n) is 9.87. The molecule has 0 amide bonds. The van der Waals surface area contributed by atoms with Crippen LogP contribution < -0.4 is 10.1 Å². The second-order valence-corrected chi connectivity index (χ2v) is 3.67. The first-order valence-electron chi connectivity index (χ1n) is 5.59. The summed E-state index contributed by atoms with van der Waals surface area (Å²) in [5, 5.41) is 29.4. The second kappa shape index (κ2) is 7.65. The Morgan fingerprint density at radius 3 is 2.56 bits per heavy atom. The topological polar surface area (TPSA) is 99.0 Å². The molecule has 1 rings (SSSR count). The summed E-state index contributed by atoms with van der Waals surface area (Å²) in [6.45, 7) is 0.324. The molecule has 4 N–H and O–H groups in total. The van der Waals surface area contributed by atoms with E-state index >= 15 is 0 Å². The minimum atomic E-state index is -1.04. The number of carbonyl (C=O) groups is 1. The molecular weight excluding hydrogens is 238 g/mol. The smallest absolute Gasteiger partial charge is 0.339 e. The Morgan fingerprint density at radius 2 is 1.94 bits per heavy atom. The predicted molar refractivity (Wildman–Crippen MR) is 64.9 cm³/mol. The molecule has 0 aliphatic carbocycles. The number of nitrogens with one attached hydrogen (secondary N) is 1. The first kappa shape index (κ1) is 14.4. The van der Waals surface area contributed by atoms with Gasteiger partial charge in [0.15, 0.2) is 0 Å². The Balaban J connectivity index is 2.42. The van der Waals surface area contributed by atoms with Crippen LogP contribution in [-0.2, 0) is 0 Å². The molecule has 0 saturated carbocycles. The Labute approximate surface area is 105 Å². The summed E-state index contributed by atoms with van der Waals surface area (Å²) in [6, 6.07) is 5.99. The third-order valence-electron chi connectivity index (χ3n) is 2.35. The highest BCUT2D eigenvalue weighted by Gasteiger charge is 2.10. The van der Waals surface area contributed by atoms with Crippen LogP contribution in [0.5, 0.6) is 5.75 Å². The maximum Gasteiger partial charge on any atom is 0.339 e. The largest absolute Gasteiger partial charge is 0.491 e. The molecule has 1 aromatic carbocycles. The molecule has 0 unspecified atom stereocenters. The van der Waals surface area contributed by atoms with Crippen LogP contribution in [0.15, 0.2) is 24.3 Å². The van der Waals surface area contributed by atoms with E-state index in [1.165, 1.54) is 6.07 Å². The van der Waals surface area contributed by atoms with Crippen molar-refractivity contribution in [1.82, 2.24) is 5.32 Å². The monoisotopic (exact) mass is 255 g/mol. The zero-order valence-corrected chi connectivity index (χ0v) is 9.87. The van der Waals surface area contributed by atoms with Crippen molar-refractivity contribution in [2.75, 3.05) is 26.4 Å². The molecule has 0 aromatic heterocycles. The lowest BCUT2D eigenvalue weighted by molar-refractivity contribution is 0.0692. The molecule has 1 aromatic rings. The number of hydrogen-bond donors (Lipinski definition) is 4. The lowest BCUT2D eigenvalue weighted by atomic mass is 10.2. The van der Waals surface area contributed by atoms with E-state index in [0.717, 1.165) is 0 Å². The lowest BCUT2D eigenvalue weighted by Crippen LogP contribution is -2.38. The summed E-state index contributed by atoms with van der Waals surface area (Å²) < 4.78 is 5.33. The number of aliphatic hydroxyl groups is 2. The van der Waals surface area contributed by atoms with Crippen LogP contribution >= 0.6 is 0 Å². The first-order chi connectivity index (χ1) is 8.69. The number of carboxylic acid groups (broad SMARTS) is 1. The van der Waals surface area contributed by atoms with Gasteiger partial charge >= 0.3 is 5.97 Å². The van der Waals surface area contributed by atoms with Gasteiger partial charge in [0, 0.05) is 6.54 Å². The van der Waals surface area contributed by atoms with Gasteiger partial charge in [-0.25, -0.2) is 4.79 Å². The van der Waals surface area contributed by atoms with E-state index in [1.54, 1.807) is 18.2 Å². The highest BCUT2D eigenvalue weighted by atomic mass is 16.5. The molecule has 100 valence electrons. The normalized spacial score (nSPS) is 10.6. The van der Waals surface area contributed by atoms with Crippen molar-refractivity contribution in [3.05, 3.63) is 29.8 Å². The van der Waals surface area contributed by atoms with Gasteiger partial charge < -0.3 is 25.4 Å². The van der Waals surface area contributed by atoms with E-state index in [2.05, 4.69) is 5.32 Å². The van der Waals surface area contributed by atoms with Gasteiger partial charge in [0.25, 0.3) is 0 Å². The van der Waals surface area contributed by atoms with Crippen molar-refractivity contribution in [2.45, 2.75) is 6.04 Å². The first-order valence-corrected chi connectivity index (χ1v) is 5.59. The average Bonchev–Trinajstić information content (AvgIpc) is 2.39. The van der Waals surface area contributed by atoms with Gasteiger partial charge in [0.2, 0.25) is 0 Å². The van der Waals surface area contributed by atoms with Crippen molar-refractivity contribution in [2.24, 2.45) is 0 Å². The summed E-state index contributed by atoms with van der Waals surface area (Å²) >= 11 is 0. The van der Waals surface area contributed by atoms with Crippen LogP contribution in [0.2, 0.25) is 0 Å². The Hall–Kier alpha value is -1.63. The van der Waals surface area contributed by atoms with Crippen LogP contribution in [0.25, 0.3) is 0 Å². The molecule has 0 aliphatic rings. The average molecular weight is 255 g/mol. The fourth-order valence-electron chi connectivity index (χ4n) is 1.38. The molecule has 0 aliphatic heterocycles. The van der Waals surface area contributed by atoms with Crippen LogP contribution in [0.3, 0.4) is 0 Å². The van der Waals surface area contributed by atoms with E-state index in [9.17, 15) is 4.79 Å². The Morgan fingerprint density at radius 1 is 1.28 bits per heavy atom. The van der Waals surface area contributed by atoms with Crippen LogP contribution in [0.1, 0.15) is 10.4 Å². The summed E-state index contributed by atoms with van der Waals surface area (Å²) in [5.74, 6) is -0.738. The molecule has 0 saturated heterocycles. The van der Waals surface area contributed by atoms with Gasteiger partial charge in [0.05, 0.1) is 19.3 Å². The fraction of sp³-hybridized carbons (Fsp3) is 0.417. The van der Waals surface area contributed by atoms with Crippen molar-refractivity contribution < 1.29 is 24.9 Å². The van der Waals surface area contributed by atoms with E-state index in [4.69, 9.17) is 20.1 Å². The standard InChI is InChI=1S/C12H17NO5/c14-7-9(8-15)13-5-6-18-11-4-2-1-3-10(11)12(16)17/h1-4,9,13-15H,5-8H2,(H,16,17). The maximum atomic E-state index is 10.9. The third kappa shape index (κ3) is 4.33. The minimum Gasteiger partial charge on any atom is -0.491 e. The van der Waals surface area contributed by atoms with Crippen LogP contribution in [0.4, 0.5) is 0 Å². The summed E-state index contributed by atoms with van der Waals surface area (Å²) in [5.41, 5.74) is 0.110. The van der Waals surface area contributed by atoms with Crippen LogP contribution in [-0.4, -0.2) is 53.7 Å². The molecular formula is C12H17NO5. The number of carboxylic acids is 1. The van der Waals surface area contributed by atoms with Gasteiger partial charge in [-0.15, -0.1) is 0 Å². The number of aliphatic hydroxyl groups excluding tert-OH is 2. The van der Waals surface area contributed by atoms with Crippen molar-refractivity contribution in [1.29, 1.82) is 0 Å². The molecule has 0 atom stereocenters. The Bertz CT molecular complexity index is 378. The van der Waals surface area contributed by atoms with Crippen LogP contribution in [0, 0.1) is 0 Å². The van der Waals surface area contributed by atoms with Gasteiger partial charge in [-0.3, -0.25) is 0 Å². The second-order valence-electron chi connectivity index (χ2n) is 3.67. The number of hydrogen-bond acceptors (Lipinski definition) is 5. The predicted octanol–water partition coefficient (Wildman–Crippen LogP) is -0.294. The van der Waals surface area contributed by atoms with E-state index in [1.807, 2.05) is 0 Å². The molecule has 0 radical (unpaired) electrons. The quantitative estimate of drug-likeness (QED) is 0.476. The number of rotatable bonds is 8. The third-order valence-corrected chi connectivity index (χ3v) is 2.35. The summed E-state index contributed by atoms with van der Waals surface area (Å²) in [6.07, 6.45) is 0. The van der Waals surface area contributed by atoms with E-state index in [-0.39, 0.29) is 31.4 Å². The number of ether oxygens (including phenoxy) is 1. The highest BCUT2D eigenvalue weighted by Crippen LogP contribution is 2.17. The summed E-state index contributed by atoms with van der Waals surface area (Å²) in [4.78, 5) is 10.9. The van der Waals surface area contributed by atoms with Crippen molar-refractivity contribution in [3.63, 3.8) is 0 Å². The molecule has 0 spiro atoms. The molecule has 0 fully saturated rings. The number of aromatic carboxylic acids is 1. The van der Waals surface area contributed by atoms with Crippen molar-refractivity contribution in [3.8, 4) is 5.75 Å². The molecule has 0 heterocycles. The van der Waals surface area contributed by atoms with Gasteiger partial charge in [-0.1, -0.05) is 12.1 Å². The minimum absolute atomic E-state index is 0.110. The molecule has 6 nitrogen and oxygen atoms in total. The Kier molecular flexibility index (Phi) is 6.13. The van der Waals surface area contributed by atoms with E-state index < -0.39 is 5.97 Å². The molecule has 0 bridgehead atoms. The van der Waals surface area contributed by atoms with Gasteiger partial charge in [-0.05, 0) is 12.1 Å². The van der Waals surface area contributed by atoms with Crippen molar-refractivity contribution >= 4 is 5.97 Å². The van der Waals surface area contributed by atoms with E-state index in [0.29, 0.717) is 12.3 Å². The number of para-hydroxylation sites is 1. The summed E-state index contributed by atoms with van der Waals surface area (Å²) in [7, 11) is 0. The van der Waals surface area contributed by atoms with Gasteiger partial charge in [0.1, 0.15) is 17.9 Å². The molecule has 18 heavy (non-hydrogen) atoms. The maximum absolute atomic E-state index is 10.9. The zero-order chi connectivity index (χ0) is 13.4. The fourth-order valence-corrected chi connectivity index (χ4v) is 1.38. The van der Waals surface area contributed by atoms with Gasteiger partial charge in [-0.2, -0.15) is 0 Å².